The number of alkyl halides is 3. The van der Waals surface area contributed by atoms with Gasteiger partial charge in [0, 0.05) is 6.07 Å². The van der Waals surface area contributed by atoms with E-state index >= 15 is 0 Å². The van der Waals surface area contributed by atoms with E-state index in [9.17, 15) is 23.1 Å². The van der Waals surface area contributed by atoms with E-state index in [0.717, 1.165) is 0 Å². The van der Waals surface area contributed by atoms with Crippen LogP contribution >= 0.6 is 0 Å². The van der Waals surface area contributed by atoms with Crippen molar-refractivity contribution in [2.75, 3.05) is 5.32 Å². The molecule has 1 rings (SSSR count). The van der Waals surface area contributed by atoms with Gasteiger partial charge >= 0.3 is 6.18 Å². The van der Waals surface area contributed by atoms with Crippen LogP contribution in [-0.2, 0) is 6.18 Å². The Balaban J connectivity index is 2.81. The van der Waals surface area contributed by atoms with Crippen molar-refractivity contribution in [1.82, 2.24) is 5.16 Å². The van der Waals surface area contributed by atoms with Crippen molar-refractivity contribution in [1.29, 1.82) is 0 Å². The smallest absolute Gasteiger partial charge is 0.436 e. The molecule has 0 spiro atoms. The molecule has 0 unspecified atom stereocenters. The van der Waals surface area contributed by atoms with Gasteiger partial charge in [-0.15, -0.1) is 0 Å². The van der Waals surface area contributed by atoms with Crippen molar-refractivity contribution in [3.63, 3.8) is 0 Å². The molecule has 8 heteroatoms. The fourth-order valence-electron chi connectivity index (χ4n) is 0.568. The quantitative estimate of drug-likeness (QED) is 0.705. The lowest BCUT2D eigenvalue weighted by atomic mass is 10.4. The number of halogens is 3. The van der Waals surface area contributed by atoms with E-state index in [1.807, 2.05) is 0 Å². The Labute approximate surface area is 69.1 Å². The van der Waals surface area contributed by atoms with Crippen molar-refractivity contribution in [3.8, 4) is 0 Å². The van der Waals surface area contributed by atoms with Crippen LogP contribution in [0.3, 0.4) is 0 Å². The van der Waals surface area contributed by atoms with Gasteiger partial charge in [0.15, 0.2) is 5.69 Å². The van der Waals surface area contributed by atoms with Gasteiger partial charge in [-0.3, -0.25) is 0 Å². The third-order valence-electron chi connectivity index (χ3n) is 1.03. The maximum atomic E-state index is 11.8. The molecule has 0 bridgehead atoms. The second-order valence-corrected chi connectivity index (χ2v) is 1.99. The Morgan fingerprint density at radius 2 is 2.23 bits per heavy atom. The Morgan fingerprint density at radius 3 is 2.62 bits per heavy atom. The monoisotopic (exact) mass is 195 g/mol. The van der Waals surface area contributed by atoms with Crippen LogP contribution in [-0.4, -0.2) is 11.2 Å². The molecule has 0 aromatic carbocycles. The highest BCUT2D eigenvalue weighted by atomic mass is 19.4. The predicted octanol–water partition coefficient (Wildman–Crippen LogP) is 0.449. The fourth-order valence-corrected chi connectivity index (χ4v) is 0.568. The molecule has 0 aliphatic rings. The number of anilines is 1. The van der Waals surface area contributed by atoms with Gasteiger partial charge in [-0.2, -0.15) is 13.2 Å². The molecule has 0 fully saturated rings. The number of hydrogen-bond acceptors (Lipinski definition) is 4. The topological polar surface area (TPSA) is 78.2 Å². The maximum absolute atomic E-state index is 11.8. The lowest BCUT2D eigenvalue weighted by Crippen LogP contribution is -2.28. The summed E-state index contributed by atoms with van der Waals surface area (Å²) in [5.41, 5.74) is -1.31. The predicted molar refractivity (Wildman–Crippen MR) is 30.5 cm³/mol. The number of hydrogen-bond donors (Lipinski definition) is 1. The van der Waals surface area contributed by atoms with Crippen molar-refractivity contribution in [2.24, 2.45) is 0 Å². The zero-order chi connectivity index (χ0) is 10.1. The Kier molecular flexibility index (Phi) is 2.13. The zero-order valence-electron chi connectivity index (χ0n) is 5.88. The number of carbonyl (C=O) groups is 1. The van der Waals surface area contributed by atoms with E-state index in [1.54, 1.807) is 0 Å². The number of carboxylic acid groups (broad SMARTS) is 1. The lowest BCUT2D eigenvalue weighted by Gasteiger charge is -1.99. The Hall–Kier alpha value is -1.73. The van der Waals surface area contributed by atoms with Crippen LogP contribution in [0.4, 0.5) is 23.8 Å². The third-order valence-corrected chi connectivity index (χ3v) is 1.03. The van der Waals surface area contributed by atoms with Crippen molar-refractivity contribution < 1.29 is 27.6 Å². The average molecular weight is 195 g/mol. The lowest BCUT2D eigenvalue weighted by molar-refractivity contribution is -0.242. The summed E-state index contributed by atoms with van der Waals surface area (Å²) >= 11 is 0. The first kappa shape index (κ1) is 9.36. The van der Waals surface area contributed by atoms with Gasteiger partial charge in [-0.05, 0) is 0 Å². The highest BCUT2D eigenvalue weighted by Crippen LogP contribution is 2.29. The molecule has 0 aliphatic heterocycles. The molecule has 1 amide bonds. The maximum Gasteiger partial charge on any atom is 0.436 e. The van der Waals surface area contributed by atoms with E-state index in [4.69, 9.17) is 0 Å². The molecule has 5 nitrogen and oxygen atoms in total. The summed E-state index contributed by atoms with van der Waals surface area (Å²) in [6.07, 6.45) is -6.43. The van der Waals surface area contributed by atoms with E-state index in [-0.39, 0.29) is 0 Å². The minimum atomic E-state index is -4.66. The summed E-state index contributed by atoms with van der Waals surface area (Å²) < 4.78 is 39.5. The largest absolute Gasteiger partial charge is 0.530 e. The standard InChI is InChI=1S/C5H3F3N2O3/c6-5(7,8)2-1-3(13-10-2)9-4(11)12/h1,9H,(H,11,12)/p-1. The minimum absolute atomic E-state index is 0.412. The summed E-state index contributed by atoms with van der Waals surface area (Å²) in [4.78, 5) is 9.84. The highest BCUT2D eigenvalue weighted by molar-refractivity contribution is 5.78. The van der Waals surface area contributed by atoms with Gasteiger partial charge in [-0.1, -0.05) is 5.16 Å². The molecule has 1 N–H and O–H groups in total. The van der Waals surface area contributed by atoms with Crippen LogP contribution in [0.1, 0.15) is 5.69 Å². The third kappa shape index (κ3) is 2.36. The van der Waals surface area contributed by atoms with Gasteiger partial charge in [0.05, 0.1) is 0 Å². The van der Waals surface area contributed by atoms with Crippen molar-refractivity contribution in [2.45, 2.75) is 6.18 Å². The fraction of sp³-hybridized carbons (Fsp3) is 0.200. The van der Waals surface area contributed by atoms with Gasteiger partial charge in [0.1, 0.15) is 6.09 Å². The number of nitrogens with zero attached hydrogens (tertiary/aromatic N) is 1. The van der Waals surface area contributed by atoms with Crippen molar-refractivity contribution in [3.05, 3.63) is 11.8 Å². The average Bonchev–Trinajstić information content (AvgIpc) is 2.32. The number of amides is 1. The highest BCUT2D eigenvalue weighted by Gasteiger charge is 2.35. The van der Waals surface area contributed by atoms with Gasteiger partial charge < -0.3 is 19.7 Å². The molecular weight excluding hydrogens is 193 g/mol. The van der Waals surface area contributed by atoms with E-state index in [0.29, 0.717) is 6.07 Å². The zero-order valence-corrected chi connectivity index (χ0v) is 5.88. The van der Waals surface area contributed by atoms with Gasteiger partial charge in [0.2, 0.25) is 5.88 Å². The molecule has 0 atom stereocenters. The Bertz CT molecular complexity index is 319. The minimum Gasteiger partial charge on any atom is -0.530 e. The molecule has 0 aliphatic carbocycles. The van der Waals surface area contributed by atoms with E-state index < -0.39 is 23.8 Å². The summed E-state index contributed by atoms with van der Waals surface area (Å²) in [5, 5.41) is 13.9. The molecule has 1 heterocycles. The van der Waals surface area contributed by atoms with Crippen LogP contribution in [0, 0.1) is 0 Å². The molecular formula is C5H2F3N2O3-. The normalized spacial score (nSPS) is 11.3. The molecule has 72 valence electrons. The molecule has 0 saturated carbocycles. The number of aromatic nitrogens is 1. The number of rotatable bonds is 1. The second kappa shape index (κ2) is 2.96. The second-order valence-electron chi connectivity index (χ2n) is 1.99. The SMILES string of the molecule is O=C([O-])Nc1cc(C(F)(F)F)no1. The first-order valence-corrected chi connectivity index (χ1v) is 2.91. The summed E-state index contributed by atoms with van der Waals surface area (Å²) in [7, 11) is 0. The molecule has 1 aromatic heterocycles. The van der Waals surface area contributed by atoms with Gasteiger partial charge in [0.25, 0.3) is 0 Å². The van der Waals surface area contributed by atoms with Crippen molar-refractivity contribution >= 4 is 12.0 Å². The summed E-state index contributed by atoms with van der Waals surface area (Å²) in [5.74, 6) is -0.632. The summed E-state index contributed by atoms with van der Waals surface area (Å²) in [6, 6.07) is 0.412. The first-order valence-electron chi connectivity index (χ1n) is 2.91. The van der Waals surface area contributed by atoms with E-state index in [1.165, 1.54) is 5.32 Å². The van der Waals surface area contributed by atoms with Crippen LogP contribution < -0.4 is 10.4 Å². The number of carbonyl (C=O) groups excluding carboxylic acids is 1. The van der Waals surface area contributed by atoms with Crippen LogP contribution in [0.5, 0.6) is 0 Å². The molecule has 1 aromatic rings. The first-order chi connectivity index (χ1) is 5.89. The molecule has 0 saturated heterocycles. The molecule has 13 heavy (non-hydrogen) atoms. The molecule has 0 radical (unpaired) electrons. The van der Waals surface area contributed by atoms with Gasteiger partial charge in [-0.25, -0.2) is 0 Å². The van der Waals surface area contributed by atoms with Crippen LogP contribution in [0.15, 0.2) is 10.6 Å². The van der Waals surface area contributed by atoms with Crippen LogP contribution in [0.25, 0.3) is 0 Å². The van der Waals surface area contributed by atoms with Crippen LogP contribution in [0.2, 0.25) is 0 Å². The Morgan fingerprint density at radius 1 is 1.62 bits per heavy atom. The number of nitrogens with one attached hydrogen (secondary N) is 1. The van der Waals surface area contributed by atoms with E-state index in [2.05, 4.69) is 9.68 Å². The summed E-state index contributed by atoms with van der Waals surface area (Å²) in [6.45, 7) is 0.